The highest BCUT2D eigenvalue weighted by Gasteiger charge is 2.38. The van der Waals surface area contributed by atoms with Crippen LogP contribution in [0.25, 0.3) is 22.3 Å². The summed E-state index contributed by atoms with van der Waals surface area (Å²) >= 11 is 0. The van der Waals surface area contributed by atoms with Crippen molar-refractivity contribution in [2.24, 2.45) is 0 Å². The van der Waals surface area contributed by atoms with Crippen molar-refractivity contribution in [3.63, 3.8) is 0 Å². The third-order valence-electron chi connectivity index (χ3n) is 7.46. The third-order valence-corrected chi connectivity index (χ3v) is 8.57. The van der Waals surface area contributed by atoms with E-state index in [1.54, 1.807) is 18.2 Å². The van der Waals surface area contributed by atoms with Crippen LogP contribution in [0.15, 0.2) is 41.3 Å². The molecule has 0 bridgehead atoms. The lowest BCUT2D eigenvalue weighted by Gasteiger charge is -2.39. The molecule has 9 nitrogen and oxygen atoms in total. The van der Waals surface area contributed by atoms with Crippen LogP contribution in [0.1, 0.15) is 26.2 Å². The summed E-state index contributed by atoms with van der Waals surface area (Å²) in [4.78, 5) is 19.9. The fourth-order valence-corrected chi connectivity index (χ4v) is 6.26. The van der Waals surface area contributed by atoms with E-state index in [4.69, 9.17) is 24.4 Å². The van der Waals surface area contributed by atoms with Gasteiger partial charge in [0.1, 0.15) is 5.82 Å². The minimum atomic E-state index is -3.32. The average molecular weight is 510 g/mol. The van der Waals surface area contributed by atoms with E-state index in [2.05, 4.69) is 16.7 Å². The molecule has 3 atom stereocenters. The SMILES string of the molecule is C[C@H]1COCCN1c1nc(N2CCO[C@@H]3CCC[C@@H]32)nc2nc(-c3cccc(S(C)(=O)=O)c3)ccc12. The van der Waals surface area contributed by atoms with Crippen molar-refractivity contribution in [3.8, 4) is 11.3 Å². The van der Waals surface area contributed by atoms with Crippen LogP contribution in [0, 0.1) is 0 Å². The van der Waals surface area contributed by atoms with Crippen LogP contribution in [0.4, 0.5) is 11.8 Å². The van der Waals surface area contributed by atoms with Crippen LogP contribution in [0.5, 0.6) is 0 Å². The summed E-state index contributed by atoms with van der Waals surface area (Å²) in [5.74, 6) is 1.56. The molecule has 0 unspecified atom stereocenters. The molecule has 6 rings (SSSR count). The molecule has 0 N–H and O–H groups in total. The number of pyridine rings is 1. The lowest BCUT2D eigenvalue weighted by molar-refractivity contribution is 0.0250. The Morgan fingerprint density at radius 1 is 1.00 bits per heavy atom. The van der Waals surface area contributed by atoms with Crippen LogP contribution in [0.3, 0.4) is 0 Å². The van der Waals surface area contributed by atoms with Crippen molar-refractivity contribution in [2.45, 2.75) is 49.3 Å². The summed E-state index contributed by atoms with van der Waals surface area (Å²) in [6, 6.07) is 11.3. The Balaban J connectivity index is 1.49. The standard InChI is InChI=1S/C26H31N5O4S/c1-17-16-34-13-11-30(17)25-20-9-10-21(18-5-3-6-19(15-18)36(2,32)33)27-24(20)28-26(29-25)31-12-14-35-23-8-4-7-22(23)31/h3,5-6,9-10,15,17,22-23H,4,7-8,11-14,16H2,1-2H3/t17-,22-,23+/m0/s1. The van der Waals surface area contributed by atoms with Crippen molar-refractivity contribution in [1.82, 2.24) is 15.0 Å². The van der Waals surface area contributed by atoms with Crippen LogP contribution >= 0.6 is 0 Å². The van der Waals surface area contributed by atoms with Gasteiger partial charge in [-0.1, -0.05) is 12.1 Å². The molecule has 3 fully saturated rings. The van der Waals surface area contributed by atoms with Crippen LogP contribution in [-0.2, 0) is 19.3 Å². The van der Waals surface area contributed by atoms with Crippen molar-refractivity contribution in [3.05, 3.63) is 36.4 Å². The number of benzene rings is 1. The van der Waals surface area contributed by atoms with Gasteiger partial charge in [0.25, 0.3) is 0 Å². The van der Waals surface area contributed by atoms with E-state index < -0.39 is 9.84 Å². The molecule has 190 valence electrons. The average Bonchev–Trinajstić information content (AvgIpc) is 3.37. The second-order valence-electron chi connectivity index (χ2n) is 9.93. The molecular formula is C26H31N5O4S. The molecule has 2 aliphatic heterocycles. The zero-order valence-electron chi connectivity index (χ0n) is 20.6. The maximum Gasteiger partial charge on any atom is 0.229 e. The molecule has 1 aromatic carbocycles. The minimum absolute atomic E-state index is 0.180. The highest BCUT2D eigenvalue weighted by Crippen LogP contribution is 2.35. The molecule has 1 aliphatic carbocycles. The molecule has 0 radical (unpaired) electrons. The summed E-state index contributed by atoms with van der Waals surface area (Å²) in [6.45, 7) is 5.61. The number of nitrogens with zero attached hydrogens (tertiary/aromatic N) is 5. The Kier molecular flexibility index (Phi) is 6.05. The first-order valence-corrected chi connectivity index (χ1v) is 14.5. The van der Waals surface area contributed by atoms with E-state index in [0.717, 1.165) is 49.1 Å². The predicted molar refractivity (Wildman–Crippen MR) is 138 cm³/mol. The van der Waals surface area contributed by atoms with Crippen molar-refractivity contribution < 1.29 is 17.9 Å². The molecule has 4 heterocycles. The number of morpholine rings is 2. The van der Waals surface area contributed by atoms with E-state index >= 15 is 0 Å². The predicted octanol–water partition coefficient (Wildman–Crippen LogP) is 3.08. The van der Waals surface area contributed by atoms with Crippen LogP contribution in [0.2, 0.25) is 0 Å². The molecule has 2 aromatic heterocycles. The van der Waals surface area contributed by atoms with Gasteiger partial charge >= 0.3 is 0 Å². The second kappa shape index (κ2) is 9.24. The maximum atomic E-state index is 12.1. The fraction of sp³-hybridized carbons (Fsp3) is 0.500. The van der Waals surface area contributed by atoms with Gasteiger partial charge in [-0.2, -0.15) is 9.97 Å². The number of fused-ring (bicyclic) bond motifs is 2. The quantitative estimate of drug-likeness (QED) is 0.525. The Morgan fingerprint density at radius 2 is 1.86 bits per heavy atom. The molecule has 36 heavy (non-hydrogen) atoms. The number of aromatic nitrogens is 3. The zero-order valence-corrected chi connectivity index (χ0v) is 21.4. The van der Waals surface area contributed by atoms with Gasteiger partial charge in [0.2, 0.25) is 5.95 Å². The summed E-state index contributed by atoms with van der Waals surface area (Å²) in [5.41, 5.74) is 2.03. The van der Waals surface area contributed by atoms with Crippen molar-refractivity contribution in [2.75, 3.05) is 49.0 Å². The maximum absolute atomic E-state index is 12.1. The smallest absolute Gasteiger partial charge is 0.229 e. The number of hydrogen-bond donors (Lipinski definition) is 0. The van der Waals surface area contributed by atoms with Gasteiger partial charge in [-0.05, 0) is 50.5 Å². The molecule has 3 aliphatic rings. The first kappa shape index (κ1) is 23.6. The zero-order chi connectivity index (χ0) is 24.9. The molecule has 0 amide bonds. The monoisotopic (exact) mass is 509 g/mol. The molecular weight excluding hydrogens is 478 g/mol. The van der Waals surface area contributed by atoms with Crippen molar-refractivity contribution in [1.29, 1.82) is 0 Å². The summed E-state index contributed by atoms with van der Waals surface area (Å²) in [6.07, 6.45) is 4.73. The van der Waals surface area contributed by atoms with E-state index in [1.165, 1.54) is 6.26 Å². The number of ether oxygens (including phenoxy) is 2. The van der Waals surface area contributed by atoms with E-state index in [1.807, 2.05) is 18.2 Å². The topological polar surface area (TPSA) is 97.8 Å². The van der Waals surface area contributed by atoms with Crippen LogP contribution in [-0.4, -0.2) is 80.7 Å². The number of rotatable bonds is 4. The first-order valence-electron chi connectivity index (χ1n) is 12.6. The van der Waals surface area contributed by atoms with Gasteiger partial charge in [-0.3, -0.25) is 0 Å². The van der Waals surface area contributed by atoms with Gasteiger partial charge in [0.15, 0.2) is 15.5 Å². The van der Waals surface area contributed by atoms with Gasteiger partial charge in [-0.15, -0.1) is 0 Å². The number of anilines is 2. The van der Waals surface area contributed by atoms with Crippen LogP contribution < -0.4 is 9.80 Å². The Labute approximate surface area is 211 Å². The molecule has 10 heteroatoms. The van der Waals surface area contributed by atoms with Gasteiger partial charge < -0.3 is 19.3 Å². The lowest BCUT2D eigenvalue weighted by Crippen LogP contribution is -2.49. The second-order valence-corrected chi connectivity index (χ2v) is 11.9. The summed E-state index contributed by atoms with van der Waals surface area (Å²) in [5, 5.41) is 0.881. The van der Waals surface area contributed by atoms with Crippen molar-refractivity contribution >= 4 is 32.6 Å². The lowest BCUT2D eigenvalue weighted by atomic mass is 10.1. The Bertz CT molecular complexity index is 1400. The fourth-order valence-electron chi connectivity index (χ4n) is 5.59. The number of hydrogen-bond acceptors (Lipinski definition) is 9. The minimum Gasteiger partial charge on any atom is -0.377 e. The Hall–Kier alpha value is -2.82. The molecule has 1 saturated carbocycles. The largest absolute Gasteiger partial charge is 0.377 e. The first-order chi connectivity index (χ1) is 17.4. The van der Waals surface area contributed by atoms with Gasteiger partial charge in [-0.25, -0.2) is 13.4 Å². The van der Waals surface area contributed by atoms with Gasteiger partial charge in [0.05, 0.1) is 54.0 Å². The molecule has 3 aromatic rings. The third kappa shape index (κ3) is 4.31. The summed E-state index contributed by atoms with van der Waals surface area (Å²) in [7, 11) is -3.32. The van der Waals surface area contributed by atoms with E-state index in [9.17, 15) is 8.42 Å². The van der Waals surface area contributed by atoms with Gasteiger partial charge in [0, 0.05) is 24.9 Å². The molecule has 2 saturated heterocycles. The van der Waals surface area contributed by atoms with E-state index in [-0.39, 0.29) is 23.1 Å². The number of sulfone groups is 1. The molecule has 0 spiro atoms. The summed E-state index contributed by atoms with van der Waals surface area (Å²) < 4.78 is 36.0. The Morgan fingerprint density at radius 3 is 2.69 bits per heavy atom. The normalized spacial score (nSPS) is 24.8. The highest BCUT2D eigenvalue weighted by atomic mass is 32.2. The van der Waals surface area contributed by atoms with E-state index in [0.29, 0.717) is 37.1 Å². The highest BCUT2D eigenvalue weighted by molar-refractivity contribution is 7.90.